The smallest absolute Gasteiger partial charge is 0.237 e. The molecular weight excluding hydrogens is 226 g/mol. The van der Waals surface area contributed by atoms with Crippen molar-refractivity contribution < 1.29 is 8.42 Å². The maximum atomic E-state index is 11.3. The zero-order valence-electron chi connectivity index (χ0n) is 8.24. The molecule has 2 rings (SSSR count). The molecule has 0 amide bonds. The van der Waals surface area contributed by atoms with Gasteiger partial charge in [0, 0.05) is 18.0 Å². The number of nitrogens with two attached hydrogens (primary N) is 1. The summed E-state index contributed by atoms with van der Waals surface area (Å²) in [5, 5.41) is 5.11. The summed E-state index contributed by atoms with van der Waals surface area (Å²) in [5.41, 5.74) is 0.408. The van der Waals surface area contributed by atoms with Gasteiger partial charge in [0.15, 0.2) is 5.82 Å². The van der Waals surface area contributed by atoms with Crippen LogP contribution in [0.2, 0.25) is 0 Å². The molecule has 0 fully saturated rings. The Morgan fingerprint density at radius 2 is 1.62 bits per heavy atom. The number of nitrogens with zero attached hydrogens (tertiary/aromatic N) is 2. The van der Waals surface area contributed by atoms with Crippen molar-refractivity contribution in [1.82, 2.24) is 9.97 Å². The first-order chi connectivity index (χ1) is 7.59. The Morgan fingerprint density at radius 3 is 2.25 bits per heavy atom. The molecule has 0 aliphatic carbocycles. The van der Waals surface area contributed by atoms with Gasteiger partial charge >= 0.3 is 0 Å². The number of rotatable bonds is 2. The van der Waals surface area contributed by atoms with E-state index in [1.54, 1.807) is 36.7 Å². The Labute approximate surface area is 93.0 Å². The molecule has 0 unspecified atom stereocenters. The van der Waals surface area contributed by atoms with Crippen LogP contribution in [0.3, 0.4) is 0 Å². The highest BCUT2D eigenvalue weighted by atomic mass is 32.2. The predicted octanol–water partition coefficient (Wildman–Crippen LogP) is 0.791. The summed E-state index contributed by atoms with van der Waals surface area (Å²) >= 11 is 0. The van der Waals surface area contributed by atoms with E-state index in [1.165, 1.54) is 6.07 Å². The van der Waals surface area contributed by atoms with Crippen molar-refractivity contribution >= 4 is 10.0 Å². The molecule has 0 spiro atoms. The zero-order valence-corrected chi connectivity index (χ0v) is 9.05. The maximum Gasteiger partial charge on any atom is 0.238 e. The summed E-state index contributed by atoms with van der Waals surface area (Å²) in [6.07, 6.45) is 3.09. The second-order valence-electron chi connectivity index (χ2n) is 3.11. The lowest BCUT2D eigenvalue weighted by Crippen LogP contribution is -2.13. The van der Waals surface area contributed by atoms with Crippen LogP contribution in [0.5, 0.6) is 0 Å². The number of aromatic nitrogens is 2. The van der Waals surface area contributed by atoms with Crippen molar-refractivity contribution in [2.24, 2.45) is 5.14 Å². The highest BCUT2D eigenvalue weighted by Gasteiger charge is 2.15. The van der Waals surface area contributed by atoms with E-state index < -0.39 is 10.0 Å². The molecule has 0 aliphatic heterocycles. The molecular formula is C10H9N3O2S. The van der Waals surface area contributed by atoms with E-state index in [2.05, 4.69) is 9.97 Å². The van der Waals surface area contributed by atoms with E-state index in [-0.39, 0.29) is 4.90 Å². The molecule has 0 atom stereocenters. The van der Waals surface area contributed by atoms with Gasteiger partial charge in [-0.25, -0.2) is 23.5 Å². The van der Waals surface area contributed by atoms with Crippen molar-refractivity contribution in [3.8, 4) is 11.4 Å². The molecule has 1 aromatic heterocycles. The molecule has 16 heavy (non-hydrogen) atoms. The first-order valence-corrected chi connectivity index (χ1v) is 6.03. The van der Waals surface area contributed by atoms with E-state index in [0.29, 0.717) is 11.4 Å². The van der Waals surface area contributed by atoms with Crippen LogP contribution in [0.1, 0.15) is 0 Å². The molecule has 0 aliphatic rings. The van der Waals surface area contributed by atoms with Crippen LogP contribution in [0.25, 0.3) is 11.4 Å². The van der Waals surface area contributed by atoms with E-state index >= 15 is 0 Å². The largest absolute Gasteiger partial charge is 0.238 e. The topological polar surface area (TPSA) is 85.9 Å². The summed E-state index contributed by atoms with van der Waals surface area (Å²) < 4.78 is 22.7. The van der Waals surface area contributed by atoms with Crippen LogP contribution in [0, 0.1) is 0 Å². The minimum atomic E-state index is -3.76. The van der Waals surface area contributed by atoms with Crippen LogP contribution in [-0.4, -0.2) is 18.4 Å². The summed E-state index contributed by atoms with van der Waals surface area (Å²) in [6.45, 7) is 0. The summed E-state index contributed by atoms with van der Waals surface area (Å²) in [5.74, 6) is 0.340. The van der Waals surface area contributed by atoms with Crippen LogP contribution >= 0.6 is 0 Å². The fourth-order valence-electron chi connectivity index (χ4n) is 1.34. The van der Waals surface area contributed by atoms with Crippen LogP contribution < -0.4 is 5.14 Å². The van der Waals surface area contributed by atoms with Gasteiger partial charge in [0.2, 0.25) is 10.0 Å². The van der Waals surface area contributed by atoms with Gasteiger partial charge in [-0.15, -0.1) is 0 Å². The Morgan fingerprint density at radius 1 is 1.00 bits per heavy atom. The van der Waals surface area contributed by atoms with Gasteiger partial charge in [-0.05, 0) is 18.2 Å². The average molecular weight is 235 g/mol. The second kappa shape index (κ2) is 3.99. The van der Waals surface area contributed by atoms with Crippen molar-refractivity contribution in [2.45, 2.75) is 4.90 Å². The molecule has 0 radical (unpaired) electrons. The third-order valence-corrected chi connectivity index (χ3v) is 2.97. The average Bonchev–Trinajstić information content (AvgIpc) is 2.29. The van der Waals surface area contributed by atoms with Gasteiger partial charge in [-0.1, -0.05) is 12.1 Å². The van der Waals surface area contributed by atoms with Crippen molar-refractivity contribution in [2.75, 3.05) is 0 Å². The molecule has 82 valence electrons. The lowest BCUT2D eigenvalue weighted by molar-refractivity contribution is 0.598. The predicted molar refractivity (Wildman–Crippen MR) is 58.8 cm³/mol. The number of sulfonamides is 1. The van der Waals surface area contributed by atoms with Crippen LogP contribution in [-0.2, 0) is 10.0 Å². The van der Waals surface area contributed by atoms with Crippen LogP contribution in [0.15, 0.2) is 47.6 Å². The highest BCUT2D eigenvalue weighted by molar-refractivity contribution is 7.89. The monoisotopic (exact) mass is 235 g/mol. The summed E-state index contributed by atoms with van der Waals surface area (Å²) in [7, 11) is -3.76. The lowest BCUT2D eigenvalue weighted by Gasteiger charge is -2.05. The number of hydrogen-bond donors (Lipinski definition) is 1. The van der Waals surface area contributed by atoms with Crippen molar-refractivity contribution in [3.05, 3.63) is 42.7 Å². The fourth-order valence-corrected chi connectivity index (χ4v) is 2.07. The fraction of sp³-hybridized carbons (Fsp3) is 0. The van der Waals surface area contributed by atoms with Gasteiger partial charge < -0.3 is 0 Å². The number of hydrogen-bond acceptors (Lipinski definition) is 4. The minimum absolute atomic E-state index is 0.0289. The summed E-state index contributed by atoms with van der Waals surface area (Å²) in [4.78, 5) is 8.01. The van der Waals surface area contributed by atoms with Crippen LogP contribution in [0.4, 0.5) is 0 Å². The Balaban J connectivity index is 2.68. The molecule has 0 saturated heterocycles. The van der Waals surface area contributed by atoms with Gasteiger partial charge in [0.05, 0.1) is 4.90 Å². The van der Waals surface area contributed by atoms with E-state index in [4.69, 9.17) is 5.14 Å². The highest BCUT2D eigenvalue weighted by Crippen LogP contribution is 2.22. The van der Waals surface area contributed by atoms with Gasteiger partial charge in [0.25, 0.3) is 0 Å². The molecule has 0 bridgehead atoms. The zero-order chi connectivity index (χ0) is 11.6. The lowest BCUT2D eigenvalue weighted by atomic mass is 10.2. The third-order valence-electron chi connectivity index (χ3n) is 2.00. The first kappa shape index (κ1) is 10.7. The molecule has 5 nitrogen and oxygen atoms in total. The van der Waals surface area contributed by atoms with Gasteiger partial charge in [-0.3, -0.25) is 0 Å². The number of benzene rings is 1. The maximum absolute atomic E-state index is 11.3. The van der Waals surface area contributed by atoms with E-state index in [9.17, 15) is 8.42 Å². The first-order valence-electron chi connectivity index (χ1n) is 4.48. The Bertz CT molecular complexity index is 596. The third kappa shape index (κ3) is 2.07. The summed E-state index contributed by atoms with van der Waals surface area (Å²) in [6, 6.07) is 8.02. The molecule has 2 N–H and O–H groups in total. The SMILES string of the molecule is NS(=O)(=O)c1ccccc1-c1ncccn1. The Kier molecular flexibility index (Phi) is 2.67. The van der Waals surface area contributed by atoms with E-state index in [0.717, 1.165) is 0 Å². The quantitative estimate of drug-likeness (QED) is 0.833. The normalized spacial score (nSPS) is 11.3. The molecule has 1 aromatic carbocycles. The van der Waals surface area contributed by atoms with E-state index in [1.807, 2.05) is 0 Å². The van der Waals surface area contributed by atoms with Crippen molar-refractivity contribution in [1.29, 1.82) is 0 Å². The van der Waals surface area contributed by atoms with Gasteiger partial charge in [0.1, 0.15) is 0 Å². The number of primary sulfonamides is 1. The molecule has 0 saturated carbocycles. The standard InChI is InChI=1S/C10H9N3O2S/c11-16(14,15)9-5-2-1-4-8(9)10-12-6-3-7-13-10/h1-7H,(H2,11,14,15). The van der Waals surface area contributed by atoms with Crippen molar-refractivity contribution in [3.63, 3.8) is 0 Å². The molecule has 2 aromatic rings. The molecule has 6 heteroatoms. The Hall–Kier alpha value is -1.79. The second-order valence-corrected chi connectivity index (χ2v) is 4.64. The van der Waals surface area contributed by atoms with Gasteiger partial charge in [-0.2, -0.15) is 0 Å². The molecule has 1 heterocycles. The minimum Gasteiger partial charge on any atom is -0.237 e.